The molecule has 2 aromatic heterocycles. The topological polar surface area (TPSA) is 66.1 Å². The molecule has 1 atom stereocenters. The Hall–Kier alpha value is -2.58. The number of hydrogen-bond donors (Lipinski definition) is 0. The molecule has 2 rings (SSSR count). The van der Waals surface area contributed by atoms with Gasteiger partial charge in [-0.1, -0.05) is 13.8 Å². The highest BCUT2D eigenvalue weighted by atomic mass is 19.4. The molecular formula is C19H24F3N3O3. The molecule has 0 aliphatic carbocycles. The van der Waals surface area contributed by atoms with E-state index < -0.39 is 29.3 Å². The maximum absolute atomic E-state index is 13.5. The summed E-state index contributed by atoms with van der Waals surface area (Å²) in [7, 11) is 0. The van der Waals surface area contributed by atoms with E-state index in [0.717, 1.165) is 10.8 Å². The van der Waals surface area contributed by atoms with E-state index in [9.17, 15) is 22.8 Å². The molecule has 0 saturated heterocycles. The fourth-order valence-electron chi connectivity index (χ4n) is 2.98. The normalized spacial score (nSPS) is 13.0. The molecule has 2 heterocycles. The van der Waals surface area contributed by atoms with Gasteiger partial charge in [-0.2, -0.15) is 13.2 Å². The number of rotatable bonds is 8. The van der Waals surface area contributed by atoms with Gasteiger partial charge < -0.3 is 13.9 Å². The van der Waals surface area contributed by atoms with Crippen LogP contribution in [0, 0.1) is 5.92 Å². The number of halogens is 3. The minimum absolute atomic E-state index is 0.0305. The van der Waals surface area contributed by atoms with Crippen LogP contribution >= 0.6 is 0 Å². The first kappa shape index (κ1) is 21.7. The van der Waals surface area contributed by atoms with Crippen LogP contribution in [0.4, 0.5) is 13.2 Å². The molecule has 0 radical (unpaired) electrons. The molecule has 0 saturated carbocycles. The van der Waals surface area contributed by atoms with Gasteiger partial charge in [-0.15, -0.1) is 0 Å². The molecule has 0 amide bonds. The lowest BCUT2D eigenvalue weighted by molar-refractivity contribution is -0.147. The zero-order valence-electron chi connectivity index (χ0n) is 16.1. The molecule has 0 spiro atoms. The van der Waals surface area contributed by atoms with E-state index in [1.165, 1.54) is 12.5 Å². The maximum atomic E-state index is 13.5. The highest BCUT2D eigenvalue weighted by Crippen LogP contribution is 2.32. The average Bonchev–Trinajstić information content (AvgIpc) is 3.11. The lowest BCUT2D eigenvalue weighted by atomic mass is 10.0. The summed E-state index contributed by atoms with van der Waals surface area (Å²) in [5, 5.41) is 0. The number of carbonyl (C=O) groups is 1. The molecular weight excluding hydrogens is 375 g/mol. The van der Waals surface area contributed by atoms with Crippen molar-refractivity contribution in [1.82, 2.24) is 14.1 Å². The van der Waals surface area contributed by atoms with Crippen LogP contribution in [0.1, 0.15) is 44.4 Å². The lowest BCUT2D eigenvalue weighted by Crippen LogP contribution is -2.33. The first-order chi connectivity index (χ1) is 13.1. The largest absolute Gasteiger partial charge is 0.464 e. The summed E-state index contributed by atoms with van der Waals surface area (Å²) in [4.78, 5) is 28.7. The van der Waals surface area contributed by atoms with Gasteiger partial charge in [-0.3, -0.25) is 4.79 Å². The van der Waals surface area contributed by atoms with E-state index in [2.05, 4.69) is 4.98 Å². The van der Waals surface area contributed by atoms with Crippen LogP contribution in [0.2, 0.25) is 0 Å². The van der Waals surface area contributed by atoms with E-state index >= 15 is 0 Å². The third-order valence-corrected chi connectivity index (χ3v) is 4.26. The number of hydrogen-bond acceptors (Lipinski definition) is 4. The van der Waals surface area contributed by atoms with Crippen molar-refractivity contribution in [3.63, 3.8) is 0 Å². The summed E-state index contributed by atoms with van der Waals surface area (Å²) < 4.78 is 48.1. The van der Waals surface area contributed by atoms with Gasteiger partial charge in [0.2, 0.25) is 0 Å². The predicted molar refractivity (Wildman–Crippen MR) is 96.8 cm³/mol. The second-order valence-electron chi connectivity index (χ2n) is 6.90. The number of alkyl halides is 3. The van der Waals surface area contributed by atoms with Gasteiger partial charge in [-0.25, -0.2) is 9.78 Å². The van der Waals surface area contributed by atoms with Gasteiger partial charge in [0.25, 0.3) is 5.56 Å². The Kier molecular flexibility index (Phi) is 7.04. The highest BCUT2D eigenvalue weighted by Gasteiger charge is 2.35. The number of imidazole rings is 1. The third-order valence-electron chi connectivity index (χ3n) is 4.26. The molecule has 28 heavy (non-hydrogen) atoms. The van der Waals surface area contributed by atoms with Crippen molar-refractivity contribution in [3.05, 3.63) is 52.5 Å². The van der Waals surface area contributed by atoms with Crippen LogP contribution in [-0.4, -0.2) is 26.7 Å². The Morgan fingerprint density at radius 2 is 2.04 bits per heavy atom. The minimum Gasteiger partial charge on any atom is -0.464 e. The number of ether oxygens (including phenoxy) is 1. The smallest absolute Gasteiger partial charge is 0.416 e. The SMILES string of the molecule is CCOC(=O)C(CC(C)C)n1cc(CCn2ccnc2)c(C(F)(F)F)cc1=O. The van der Waals surface area contributed by atoms with Crippen molar-refractivity contribution in [1.29, 1.82) is 0 Å². The van der Waals surface area contributed by atoms with Gasteiger partial charge in [-0.05, 0) is 31.2 Å². The Balaban J connectivity index is 2.49. The number of pyridine rings is 1. The van der Waals surface area contributed by atoms with Gasteiger partial charge in [0, 0.05) is 31.2 Å². The molecule has 1 unspecified atom stereocenters. The molecule has 0 aliphatic heterocycles. The van der Waals surface area contributed by atoms with Crippen molar-refractivity contribution in [2.24, 2.45) is 5.92 Å². The van der Waals surface area contributed by atoms with E-state index in [1.54, 1.807) is 17.7 Å². The molecule has 0 fully saturated rings. The molecule has 2 aromatic rings. The Bertz CT molecular complexity index is 842. The van der Waals surface area contributed by atoms with Crippen molar-refractivity contribution < 1.29 is 22.7 Å². The van der Waals surface area contributed by atoms with Crippen molar-refractivity contribution >= 4 is 5.97 Å². The molecule has 0 aliphatic rings. The lowest BCUT2D eigenvalue weighted by Gasteiger charge is -2.22. The van der Waals surface area contributed by atoms with Crippen LogP contribution in [0.3, 0.4) is 0 Å². The van der Waals surface area contributed by atoms with Gasteiger partial charge in [0.1, 0.15) is 6.04 Å². The molecule has 6 nitrogen and oxygen atoms in total. The van der Waals surface area contributed by atoms with E-state index in [4.69, 9.17) is 4.74 Å². The van der Waals surface area contributed by atoms with E-state index in [0.29, 0.717) is 6.07 Å². The molecule has 0 N–H and O–H groups in total. The Labute approximate surface area is 161 Å². The first-order valence-electron chi connectivity index (χ1n) is 9.08. The fraction of sp³-hybridized carbons (Fsp3) is 0.526. The quantitative estimate of drug-likeness (QED) is 0.638. The summed E-state index contributed by atoms with van der Waals surface area (Å²) in [5.74, 6) is -0.586. The zero-order chi connectivity index (χ0) is 20.9. The average molecular weight is 399 g/mol. The van der Waals surface area contributed by atoms with E-state index in [1.807, 2.05) is 13.8 Å². The van der Waals surface area contributed by atoms with Crippen LogP contribution in [0.5, 0.6) is 0 Å². The second kappa shape index (κ2) is 9.07. The van der Waals surface area contributed by atoms with Gasteiger partial charge in [0.15, 0.2) is 0 Å². The first-order valence-corrected chi connectivity index (χ1v) is 9.08. The summed E-state index contributed by atoms with van der Waals surface area (Å²) >= 11 is 0. The molecule has 0 bridgehead atoms. The van der Waals surface area contributed by atoms with Gasteiger partial charge in [0.05, 0.1) is 18.5 Å². The predicted octanol–water partition coefficient (Wildman–Crippen LogP) is 3.46. The summed E-state index contributed by atoms with van der Waals surface area (Å²) in [5.41, 5.74) is -1.92. The number of carbonyl (C=O) groups excluding carboxylic acids is 1. The number of esters is 1. The van der Waals surface area contributed by atoms with Crippen molar-refractivity contribution in [2.75, 3.05) is 6.61 Å². The molecule has 0 aromatic carbocycles. The fourth-order valence-corrected chi connectivity index (χ4v) is 2.98. The van der Waals surface area contributed by atoms with Crippen LogP contribution in [0.25, 0.3) is 0 Å². The second-order valence-corrected chi connectivity index (χ2v) is 6.90. The Morgan fingerprint density at radius 1 is 1.32 bits per heavy atom. The summed E-state index contributed by atoms with van der Waals surface area (Å²) in [6, 6.07) is -0.405. The van der Waals surface area contributed by atoms with Crippen LogP contribution in [0.15, 0.2) is 35.8 Å². The molecule has 9 heteroatoms. The van der Waals surface area contributed by atoms with E-state index in [-0.39, 0.29) is 37.5 Å². The molecule has 154 valence electrons. The number of aromatic nitrogens is 3. The summed E-state index contributed by atoms with van der Waals surface area (Å²) in [6.45, 7) is 5.74. The van der Waals surface area contributed by atoms with Crippen LogP contribution < -0.4 is 5.56 Å². The summed E-state index contributed by atoms with van der Waals surface area (Å²) in [6.07, 6.45) is 1.47. The number of aryl methyl sites for hydroxylation is 2. The monoisotopic (exact) mass is 399 g/mol. The third kappa shape index (κ3) is 5.46. The Morgan fingerprint density at radius 3 is 2.57 bits per heavy atom. The van der Waals surface area contributed by atoms with Gasteiger partial charge >= 0.3 is 12.1 Å². The van der Waals surface area contributed by atoms with Crippen molar-refractivity contribution in [3.8, 4) is 0 Å². The number of nitrogens with zero attached hydrogens (tertiary/aromatic N) is 3. The highest BCUT2D eigenvalue weighted by molar-refractivity contribution is 5.74. The van der Waals surface area contributed by atoms with Crippen LogP contribution in [-0.2, 0) is 28.7 Å². The maximum Gasteiger partial charge on any atom is 0.416 e. The van der Waals surface area contributed by atoms with Crippen molar-refractivity contribution in [2.45, 2.75) is 52.4 Å². The zero-order valence-corrected chi connectivity index (χ0v) is 16.1. The minimum atomic E-state index is -4.67. The standard InChI is InChI=1S/C19H24F3N3O3/c1-4-28-18(27)16(9-13(2)3)25-11-14(5-7-24-8-6-23-12-24)15(10-17(25)26)19(20,21)22/h6,8,10-13,16H,4-5,7,9H2,1-3H3.